The Kier molecular flexibility index (Phi) is 23.1. The van der Waals surface area contributed by atoms with Gasteiger partial charge in [0.2, 0.25) is 0 Å². The normalized spacial score (nSPS) is 7.38. The van der Waals surface area contributed by atoms with E-state index in [1.165, 1.54) is 0 Å². The van der Waals surface area contributed by atoms with Crippen molar-refractivity contribution in [3.63, 3.8) is 0 Å². The average Bonchev–Trinajstić information content (AvgIpc) is 0.722. The summed E-state index contributed by atoms with van der Waals surface area (Å²) in [6.45, 7) is 0. The van der Waals surface area contributed by atoms with Crippen molar-refractivity contribution < 1.29 is 19.2 Å². The molecule has 0 aliphatic rings. The number of quaternary nitrogens is 2. The molecule has 0 rings (SSSR count). The van der Waals surface area contributed by atoms with E-state index in [1.807, 2.05) is 0 Å². The van der Waals surface area contributed by atoms with Crippen molar-refractivity contribution in [3.8, 4) is 0 Å². The van der Waals surface area contributed by atoms with Gasteiger partial charge in [0, 0.05) is 29.6 Å². The van der Waals surface area contributed by atoms with E-state index in [0.717, 1.165) is 0 Å². The Hall–Kier alpha value is 1.03. The third kappa shape index (κ3) is 241. The summed E-state index contributed by atoms with van der Waals surface area (Å²) < 4.78 is 8.66. The van der Waals surface area contributed by atoms with Crippen LogP contribution in [0.15, 0.2) is 0 Å². The Morgan fingerprint density at radius 2 is 1.25 bits per heavy atom. The van der Waals surface area contributed by atoms with Crippen LogP contribution in [0.2, 0.25) is 0 Å². The van der Waals surface area contributed by atoms with E-state index in [9.17, 15) is 0 Å². The minimum atomic E-state index is -5.14. The van der Waals surface area contributed by atoms with Gasteiger partial charge in [-0.1, -0.05) is 0 Å². The van der Waals surface area contributed by atoms with Crippen LogP contribution in [0.3, 0.4) is 0 Å². The minimum absolute atomic E-state index is 0. The summed E-state index contributed by atoms with van der Waals surface area (Å²) in [6, 6.07) is 0. The first kappa shape index (κ1) is 23.0. The van der Waals surface area contributed by atoms with Crippen molar-refractivity contribution in [1.29, 1.82) is 0 Å². The smallest absolute Gasteiger partial charge is 0.0557 e. The third-order valence-electron chi connectivity index (χ3n) is 0. The first-order valence-corrected chi connectivity index (χ1v) is 2.24. The fourth-order valence-electron chi connectivity index (χ4n) is 0. The third-order valence-corrected chi connectivity index (χ3v) is 0. The predicted octanol–water partition coefficient (Wildman–Crippen LogP) is -1.82. The largest absolute Gasteiger partial charge is 0.790 e. The van der Waals surface area contributed by atoms with E-state index in [2.05, 4.69) is 0 Å². The van der Waals surface area contributed by atoms with Crippen molar-refractivity contribution in [2.24, 2.45) is 0 Å². The maximum absolute atomic E-state index is 8.66. The molecule has 8 heteroatoms. The van der Waals surface area contributed by atoms with Gasteiger partial charge in [-0.05, 0) is 0 Å². The van der Waals surface area contributed by atoms with Gasteiger partial charge in [-0.2, -0.15) is 0 Å². The van der Waals surface area contributed by atoms with Crippen LogP contribution >= 0.6 is 7.82 Å². The molecule has 0 saturated carbocycles. The molecule has 0 fully saturated rings. The van der Waals surface area contributed by atoms with Gasteiger partial charge < -0.3 is 31.5 Å². The molecule has 0 aliphatic heterocycles. The molecule has 0 bridgehead atoms. The SMILES string of the molecule is O=P([O-])([O-])O.[NH4+].[NH4+].[Na]. The first-order chi connectivity index (χ1) is 2.00. The summed E-state index contributed by atoms with van der Waals surface area (Å²) in [5, 5.41) is 0. The van der Waals surface area contributed by atoms with Crippen molar-refractivity contribution in [2.45, 2.75) is 0 Å². The second-order valence-electron chi connectivity index (χ2n) is 0.469. The Morgan fingerprint density at radius 1 is 1.25 bits per heavy atom. The molecule has 0 heterocycles. The summed E-state index contributed by atoms with van der Waals surface area (Å²) in [6.07, 6.45) is 0. The van der Waals surface area contributed by atoms with E-state index in [1.54, 1.807) is 0 Å². The maximum atomic E-state index is 8.66. The van der Waals surface area contributed by atoms with Crippen LogP contribution in [0.4, 0.5) is 0 Å². The number of hydrogen-bond acceptors (Lipinski definition) is 3. The molecule has 0 aromatic carbocycles. The average molecular weight is 155 g/mol. The number of hydrogen-bond donors (Lipinski definition) is 3. The Morgan fingerprint density at radius 3 is 1.25 bits per heavy atom. The second-order valence-corrected chi connectivity index (χ2v) is 1.41. The van der Waals surface area contributed by atoms with Crippen LogP contribution in [0.5, 0.6) is 0 Å². The summed E-state index contributed by atoms with van der Waals surface area (Å²) >= 11 is 0. The van der Waals surface area contributed by atoms with Crippen LogP contribution < -0.4 is 22.1 Å². The van der Waals surface area contributed by atoms with Crippen molar-refractivity contribution in [3.05, 3.63) is 0 Å². The number of rotatable bonds is 0. The standard InChI is InChI=1S/2H3N.Na.H3O4P/c;;;1-5(2,3)4/h2*1H3;;(H3,1,2,3,4). The van der Waals surface area contributed by atoms with Gasteiger partial charge in [0.25, 0.3) is 0 Å². The molecule has 1 radical (unpaired) electrons. The van der Waals surface area contributed by atoms with Gasteiger partial charge >= 0.3 is 0 Å². The van der Waals surface area contributed by atoms with Crippen molar-refractivity contribution in [1.82, 2.24) is 12.3 Å². The predicted molar refractivity (Wildman–Crippen MR) is 27.5 cm³/mol. The quantitative estimate of drug-likeness (QED) is 0.278. The first-order valence-electron chi connectivity index (χ1n) is 0.748. The zero-order valence-electron chi connectivity index (χ0n) is 5.12. The Bertz CT molecular complexity index is 60.2. The topological polar surface area (TPSA) is 156 Å². The molecule has 0 aromatic rings. The van der Waals surface area contributed by atoms with Gasteiger partial charge in [0.1, 0.15) is 0 Å². The van der Waals surface area contributed by atoms with Gasteiger partial charge in [-0.25, -0.2) is 0 Å². The van der Waals surface area contributed by atoms with Crippen LogP contribution in [0.1, 0.15) is 0 Å². The molecular formula is H9N2NaO4P. The molecule has 0 aromatic heterocycles. The molecule has 0 spiro atoms. The second kappa shape index (κ2) is 8.03. The van der Waals surface area contributed by atoms with E-state index < -0.39 is 7.82 Å². The summed E-state index contributed by atoms with van der Waals surface area (Å²) in [5.74, 6) is 0. The Labute approximate surface area is 69.0 Å². The summed E-state index contributed by atoms with van der Waals surface area (Å²) in [5.41, 5.74) is 0. The molecule has 0 amide bonds. The van der Waals surface area contributed by atoms with E-state index in [-0.39, 0.29) is 41.9 Å². The Balaban J connectivity index is -0.0000000267. The summed E-state index contributed by atoms with van der Waals surface area (Å²) in [4.78, 5) is 24.3. The van der Waals surface area contributed by atoms with E-state index in [0.29, 0.717) is 0 Å². The molecule has 6 nitrogen and oxygen atoms in total. The molecule has 0 atom stereocenters. The maximum Gasteiger partial charge on any atom is 0.0557 e. The van der Waals surface area contributed by atoms with Crippen LogP contribution in [-0.2, 0) is 4.57 Å². The van der Waals surface area contributed by atoms with Crippen LogP contribution in [0.25, 0.3) is 0 Å². The molecule has 8 heavy (non-hydrogen) atoms. The fraction of sp³-hybridized carbons (Fsp3) is 0. The molecular weight excluding hydrogens is 146 g/mol. The fourth-order valence-corrected chi connectivity index (χ4v) is 0. The number of phosphoric acid groups is 1. The van der Waals surface area contributed by atoms with Gasteiger partial charge in [-0.3, -0.25) is 0 Å². The molecule has 0 saturated heterocycles. The summed E-state index contributed by atoms with van der Waals surface area (Å²) in [7, 11) is -5.14. The molecule has 0 aliphatic carbocycles. The van der Waals surface area contributed by atoms with Gasteiger partial charge in [0.05, 0.1) is 7.82 Å². The molecule has 0 unspecified atom stereocenters. The monoisotopic (exact) mass is 155 g/mol. The van der Waals surface area contributed by atoms with E-state index >= 15 is 0 Å². The molecule has 9 N–H and O–H groups in total. The van der Waals surface area contributed by atoms with Gasteiger partial charge in [0.15, 0.2) is 0 Å². The zero-order valence-corrected chi connectivity index (χ0v) is 8.01. The minimum Gasteiger partial charge on any atom is -0.790 e. The van der Waals surface area contributed by atoms with Crippen LogP contribution in [-0.4, -0.2) is 34.5 Å². The van der Waals surface area contributed by atoms with E-state index in [4.69, 9.17) is 19.2 Å². The van der Waals surface area contributed by atoms with Crippen molar-refractivity contribution in [2.75, 3.05) is 0 Å². The molecule has 49 valence electrons. The van der Waals surface area contributed by atoms with Crippen LogP contribution in [0, 0.1) is 0 Å². The van der Waals surface area contributed by atoms with Crippen molar-refractivity contribution >= 4 is 37.4 Å². The van der Waals surface area contributed by atoms with Gasteiger partial charge in [-0.15, -0.1) is 0 Å². The zero-order chi connectivity index (χ0) is 4.50.